The molecule has 2 amide bonds. The van der Waals surface area contributed by atoms with E-state index in [0.717, 1.165) is 5.56 Å². The summed E-state index contributed by atoms with van der Waals surface area (Å²) >= 11 is 0. The minimum atomic E-state index is -0.491. The highest BCUT2D eigenvalue weighted by molar-refractivity contribution is 5.84. The average Bonchev–Trinajstić information content (AvgIpc) is 2.86. The molecule has 0 saturated heterocycles. The van der Waals surface area contributed by atoms with E-state index in [-0.39, 0.29) is 13.0 Å². The fraction of sp³-hybridized carbons (Fsp3) is 0.200. The summed E-state index contributed by atoms with van der Waals surface area (Å²) < 4.78 is 21.6. The fourth-order valence-corrected chi connectivity index (χ4v) is 2.91. The van der Waals surface area contributed by atoms with Crippen molar-refractivity contribution in [1.29, 1.82) is 0 Å². The van der Waals surface area contributed by atoms with Gasteiger partial charge in [-0.15, -0.1) is 0 Å². The highest BCUT2D eigenvalue weighted by Crippen LogP contribution is 2.24. The lowest BCUT2D eigenvalue weighted by Crippen LogP contribution is -2.44. The second-order valence-corrected chi connectivity index (χ2v) is 6.99. The van der Waals surface area contributed by atoms with E-state index in [1.165, 1.54) is 7.11 Å². The summed E-state index contributed by atoms with van der Waals surface area (Å²) in [6.07, 6.45) is 0.0265. The molecule has 0 radical (unpaired) electrons. The Hall–Kier alpha value is -4.20. The lowest BCUT2D eigenvalue weighted by molar-refractivity contribution is -0.129. The van der Waals surface area contributed by atoms with Crippen LogP contribution in [-0.4, -0.2) is 32.6 Å². The number of amides is 2. The molecule has 3 aromatic rings. The number of nitrogens with one attached hydrogen (secondary N) is 2. The zero-order valence-corrected chi connectivity index (χ0v) is 18.5. The summed E-state index contributed by atoms with van der Waals surface area (Å²) in [4.78, 5) is 24.1. The van der Waals surface area contributed by atoms with Crippen molar-refractivity contribution >= 4 is 11.8 Å². The van der Waals surface area contributed by atoms with Gasteiger partial charge in [0.05, 0.1) is 20.6 Å². The lowest BCUT2D eigenvalue weighted by atomic mass is 10.1. The predicted molar refractivity (Wildman–Crippen MR) is 122 cm³/mol. The van der Waals surface area contributed by atoms with Gasteiger partial charge in [-0.1, -0.05) is 36.4 Å². The van der Waals surface area contributed by atoms with E-state index in [4.69, 9.17) is 18.9 Å². The van der Waals surface area contributed by atoms with E-state index >= 15 is 0 Å². The van der Waals surface area contributed by atoms with Crippen molar-refractivity contribution < 1.29 is 28.5 Å². The number of benzene rings is 3. The first kappa shape index (κ1) is 23.5. The van der Waals surface area contributed by atoms with Crippen LogP contribution in [0.4, 0.5) is 0 Å². The SMILES string of the molecule is COc1ccc(CC(=O)NNC(=O)COc2ccc(OCc3ccccc3)cc2)c(OC)c1. The molecule has 0 atom stereocenters. The van der Waals surface area contributed by atoms with Gasteiger partial charge in [-0.25, -0.2) is 0 Å². The Balaban J connectivity index is 1.39. The van der Waals surface area contributed by atoms with E-state index in [1.54, 1.807) is 49.6 Å². The van der Waals surface area contributed by atoms with Gasteiger partial charge < -0.3 is 18.9 Å². The summed E-state index contributed by atoms with van der Waals surface area (Å²) in [7, 11) is 3.06. The minimum Gasteiger partial charge on any atom is -0.497 e. The molecule has 0 spiro atoms. The van der Waals surface area contributed by atoms with Gasteiger partial charge in [-0.2, -0.15) is 0 Å². The van der Waals surface area contributed by atoms with Crippen molar-refractivity contribution in [3.8, 4) is 23.0 Å². The predicted octanol–water partition coefficient (Wildman–Crippen LogP) is 3.05. The molecule has 3 aromatic carbocycles. The van der Waals surface area contributed by atoms with Crippen LogP contribution in [0.5, 0.6) is 23.0 Å². The number of hydrogen-bond donors (Lipinski definition) is 2. The third-order valence-electron chi connectivity index (χ3n) is 4.63. The van der Waals surface area contributed by atoms with E-state index < -0.39 is 11.8 Å². The van der Waals surface area contributed by atoms with Gasteiger partial charge >= 0.3 is 0 Å². The van der Waals surface area contributed by atoms with Gasteiger partial charge in [0.25, 0.3) is 5.91 Å². The highest BCUT2D eigenvalue weighted by Gasteiger charge is 2.11. The minimum absolute atomic E-state index is 0.0265. The van der Waals surface area contributed by atoms with Crippen LogP contribution in [0.25, 0.3) is 0 Å². The Morgan fingerprint density at radius 1 is 0.727 bits per heavy atom. The van der Waals surface area contributed by atoms with Crippen LogP contribution in [-0.2, 0) is 22.6 Å². The summed E-state index contributed by atoms with van der Waals surface area (Å²) in [5.74, 6) is 1.46. The normalized spacial score (nSPS) is 10.1. The molecule has 8 heteroatoms. The maximum atomic E-state index is 12.1. The molecule has 0 unspecified atom stereocenters. The first-order valence-electron chi connectivity index (χ1n) is 10.3. The number of methoxy groups -OCH3 is 2. The van der Waals surface area contributed by atoms with E-state index in [2.05, 4.69) is 10.9 Å². The molecule has 0 aliphatic heterocycles. The van der Waals surface area contributed by atoms with Crippen LogP contribution in [0, 0.1) is 0 Å². The van der Waals surface area contributed by atoms with Crippen LogP contribution in [0.2, 0.25) is 0 Å². The van der Waals surface area contributed by atoms with Crippen molar-refractivity contribution in [2.45, 2.75) is 13.0 Å². The molecule has 0 aliphatic rings. The van der Waals surface area contributed by atoms with Gasteiger partial charge in [0, 0.05) is 11.6 Å². The molecular weight excluding hydrogens is 424 g/mol. The van der Waals surface area contributed by atoms with Crippen molar-refractivity contribution in [2.75, 3.05) is 20.8 Å². The zero-order valence-electron chi connectivity index (χ0n) is 18.5. The van der Waals surface area contributed by atoms with E-state index in [9.17, 15) is 9.59 Å². The Labute approximate surface area is 192 Å². The van der Waals surface area contributed by atoms with Crippen LogP contribution in [0.1, 0.15) is 11.1 Å². The second-order valence-electron chi connectivity index (χ2n) is 6.99. The Kier molecular flexibility index (Phi) is 8.53. The van der Waals surface area contributed by atoms with Gasteiger partial charge in [-0.3, -0.25) is 20.4 Å². The topological polar surface area (TPSA) is 95.1 Å². The smallest absolute Gasteiger partial charge is 0.276 e. The maximum Gasteiger partial charge on any atom is 0.276 e. The van der Waals surface area contributed by atoms with Gasteiger partial charge in [-0.05, 0) is 35.9 Å². The Bertz CT molecular complexity index is 1050. The monoisotopic (exact) mass is 450 g/mol. The molecule has 0 bridgehead atoms. The van der Waals surface area contributed by atoms with Crippen molar-refractivity contribution in [2.24, 2.45) is 0 Å². The van der Waals surface area contributed by atoms with Crippen molar-refractivity contribution in [3.05, 3.63) is 83.9 Å². The average molecular weight is 450 g/mol. The van der Waals surface area contributed by atoms with Crippen LogP contribution in [0.15, 0.2) is 72.8 Å². The number of rotatable bonds is 10. The summed E-state index contributed by atoms with van der Waals surface area (Å²) in [5, 5.41) is 0. The molecular formula is C25H26N2O6. The van der Waals surface area contributed by atoms with Crippen LogP contribution in [0.3, 0.4) is 0 Å². The molecule has 0 aromatic heterocycles. The third-order valence-corrected chi connectivity index (χ3v) is 4.63. The number of hydrogen-bond acceptors (Lipinski definition) is 6. The molecule has 33 heavy (non-hydrogen) atoms. The number of carbonyl (C=O) groups is 2. The summed E-state index contributed by atoms with van der Waals surface area (Å²) in [6.45, 7) is 0.210. The van der Waals surface area contributed by atoms with E-state index in [1.807, 2.05) is 30.3 Å². The molecule has 172 valence electrons. The molecule has 8 nitrogen and oxygen atoms in total. The third kappa shape index (κ3) is 7.46. The second kappa shape index (κ2) is 12.0. The Morgan fingerprint density at radius 2 is 1.36 bits per heavy atom. The zero-order chi connectivity index (χ0) is 23.5. The fourth-order valence-electron chi connectivity index (χ4n) is 2.91. The number of carbonyl (C=O) groups excluding carboxylic acids is 2. The number of ether oxygens (including phenoxy) is 4. The molecule has 0 aliphatic carbocycles. The number of hydrazine groups is 1. The molecule has 0 heterocycles. The standard InChI is InChI=1S/C25H26N2O6/c1-30-22-9-8-19(23(15-22)31-2)14-24(28)26-27-25(29)17-33-21-12-10-20(11-13-21)32-16-18-6-4-3-5-7-18/h3-13,15H,14,16-17H2,1-2H3,(H,26,28)(H,27,29). The highest BCUT2D eigenvalue weighted by atomic mass is 16.5. The summed E-state index contributed by atoms with van der Waals surface area (Å²) in [6, 6.07) is 21.9. The van der Waals surface area contributed by atoms with Gasteiger partial charge in [0.2, 0.25) is 5.91 Å². The van der Waals surface area contributed by atoms with Crippen molar-refractivity contribution in [1.82, 2.24) is 10.9 Å². The first-order valence-corrected chi connectivity index (χ1v) is 10.3. The quantitative estimate of drug-likeness (QED) is 0.461. The summed E-state index contributed by atoms with van der Waals surface area (Å²) in [5.41, 5.74) is 6.43. The largest absolute Gasteiger partial charge is 0.497 e. The lowest BCUT2D eigenvalue weighted by Gasteiger charge is -2.12. The first-order chi connectivity index (χ1) is 16.1. The molecule has 0 fully saturated rings. The van der Waals surface area contributed by atoms with Crippen LogP contribution < -0.4 is 29.8 Å². The van der Waals surface area contributed by atoms with Gasteiger partial charge in [0.15, 0.2) is 6.61 Å². The Morgan fingerprint density at radius 3 is 2.03 bits per heavy atom. The maximum absolute atomic E-state index is 12.1. The van der Waals surface area contributed by atoms with Gasteiger partial charge in [0.1, 0.15) is 29.6 Å². The molecule has 0 saturated carbocycles. The molecule has 2 N–H and O–H groups in total. The van der Waals surface area contributed by atoms with E-state index in [0.29, 0.717) is 35.2 Å². The van der Waals surface area contributed by atoms with Crippen LogP contribution >= 0.6 is 0 Å². The molecule has 3 rings (SSSR count). The van der Waals surface area contributed by atoms with Crippen molar-refractivity contribution in [3.63, 3.8) is 0 Å².